The van der Waals surface area contributed by atoms with Gasteiger partial charge in [-0.3, -0.25) is 0 Å². The molecular formula is C14H20N4S. The molecule has 2 rings (SSSR count). The lowest BCUT2D eigenvalue weighted by Crippen LogP contribution is -2.08. The molecule has 0 unspecified atom stereocenters. The third kappa shape index (κ3) is 3.92. The van der Waals surface area contributed by atoms with Gasteiger partial charge in [-0.1, -0.05) is 6.92 Å². The van der Waals surface area contributed by atoms with E-state index in [4.69, 9.17) is 0 Å². The molecule has 0 fully saturated rings. The molecule has 0 aromatic carbocycles. The lowest BCUT2D eigenvalue weighted by Gasteiger charge is -2.09. The number of rotatable bonds is 6. The van der Waals surface area contributed by atoms with E-state index in [1.807, 2.05) is 24.5 Å². The number of thiophene rings is 1. The molecule has 4 nitrogen and oxygen atoms in total. The predicted molar refractivity (Wildman–Crippen MR) is 81.9 cm³/mol. The molecule has 2 aromatic heterocycles. The van der Waals surface area contributed by atoms with Gasteiger partial charge >= 0.3 is 0 Å². The molecule has 2 N–H and O–H groups in total. The van der Waals surface area contributed by atoms with Gasteiger partial charge in [-0.2, -0.15) is 4.98 Å². The highest BCUT2D eigenvalue weighted by Gasteiger charge is 2.04. The quantitative estimate of drug-likeness (QED) is 0.846. The van der Waals surface area contributed by atoms with Gasteiger partial charge in [0.05, 0.1) is 6.54 Å². The number of nitrogens with one attached hydrogen (secondary N) is 2. The monoisotopic (exact) mass is 276 g/mol. The molecule has 0 aliphatic carbocycles. The topological polar surface area (TPSA) is 49.8 Å². The van der Waals surface area contributed by atoms with Crippen LogP contribution in [0.4, 0.5) is 11.8 Å². The highest BCUT2D eigenvalue weighted by molar-refractivity contribution is 7.11. The van der Waals surface area contributed by atoms with Crippen LogP contribution < -0.4 is 10.6 Å². The van der Waals surface area contributed by atoms with Gasteiger partial charge in [-0.05, 0) is 32.4 Å². The highest BCUT2D eigenvalue weighted by Crippen LogP contribution is 2.18. The lowest BCUT2D eigenvalue weighted by molar-refractivity contribution is 0.947. The number of aryl methyl sites for hydroxylation is 2. The number of anilines is 2. The molecule has 0 radical (unpaired) electrons. The van der Waals surface area contributed by atoms with Crippen molar-refractivity contribution in [3.8, 4) is 0 Å². The Morgan fingerprint density at radius 3 is 2.74 bits per heavy atom. The summed E-state index contributed by atoms with van der Waals surface area (Å²) in [6, 6.07) is 4.29. The first-order valence-corrected chi connectivity index (χ1v) is 7.37. The van der Waals surface area contributed by atoms with Crippen molar-refractivity contribution < 1.29 is 0 Å². The van der Waals surface area contributed by atoms with Crippen LogP contribution in [0.2, 0.25) is 0 Å². The summed E-state index contributed by atoms with van der Waals surface area (Å²) < 4.78 is 0. The summed E-state index contributed by atoms with van der Waals surface area (Å²) in [4.78, 5) is 11.4. The van der Waals surface area contributed by atoms with Crippen LogP contribution in [-0.2, 0) is 6.54 Å². The van der Waals surface area contributed by atoms with E-state index in [0.29, 0.717) is 5.95 Å². The summed E-state index contributed by atoms with van der Waals surface area (Å²) in [7, 11) is 0. The number of hydrogen-bond acceptors (Lipinski definition) is 5. The van der Waals surface area contributed by atoms with E-state index in [9.17, 15) is 0 Å². The van der Waals surface area contributed by atoms with Crippen LogP contribution in [-0.4, -0.2) is 16.5 Å². The van der Waals surface area contributed by atoms with Crippen LogP contribution in [0.1, 0.15) is 28.7 Å². The van der Waals surface area contributed by atoms with Gasteiger partial charge in [-0.15, -0.1) is 11.3 Å². The van der Waals surface area contributed by atoms with Crippen molar-refractivity contribution in [1.29, 1.82) is 0 Å². The van der Waals surface area contributed by atoms with Crippen molar-refractivity contribution in [3.05, 3.63) is 33.6 Å². The van der Waals surface area contributed by atoms with Gasteiger partial charge in [0, 0.05) is 28.1 Å². The summed E-state index contributed by atoms with van der Waals surface area (Å²) >= 11 is 1.81. The smallest absolute Gasteiger partial charge is 0.224 e. The fraction of sp³-hybridized carbons (Fsp3) is 0.429. The third-order valence-corrected chi connectivity index (χ3v) is 3.73. The van der Waals surface area contributed by atoms with Crippen molar-refractivity contribution >= 4 is 23.1 Å². The first-order chi connectivity index (χ1) is 9.19. The largest absolute Gasteiger partial charge is 0.365 e. The Morgan fingerprint density at radius 2 is 2.05 bits per heavy atom. The highest BCUT2D eigenvalue weighted by atomic mass is 32.1. The second-order valence-corrected chi connectivity index (χ2v) is 5.89. The van der Waals surface area contributed by atoms with Crippen LogP contribution in [0.3, 0.4) is 0 Å². The molecule has 19 heavy (non-hydrogen) atoms. The van der Waals surface area contributed by atoms with E-state index >= 15 is 0 Å². The van der Waals surface area contributed by atoms with Crippen molar-refractivity contribution in [1.82, 2.24) is 9.97 Å². The minimum atomic E-state index is 0.692. The van der Waals surface area contributed by atoms with E-state index in [1.54, 1.807) is 0 Å². The summed E-state index contributed by atoms with van der Waals surface area (Å²) in [5, 5.41) is 6.58. The average molecular weight is 276 g/mol. The normalized spacial score (nSPS) is 10.5. The molecule has 0 aliphatic heterocycles. The Morgan fingerprint density at radius 1 is 1.21 bits per heavy atom. The second kappa shape index (κ2) is 6.52. The Balaban J connectivity index is 2.02. The number of nitrogens with zero attached hydrogens (tertiary/aromatic N) is 2. The Kier molecular flexibility index (Phi) is 4.74. The first kappa shape index (κ1) is 13.8. The molecule has 0 saturated heterocycles. The lowest BCUT2D eigenvalue weighted by atomic mass is 10.3. The fourth-order valence-corrected chi connectivity index (χ4v) is 2.52. The summed E-state index contributed by atoms with van der Waals surface area (Å²) in [6.45, 7) is 7.97. The molecule has 0 atom stereocenters. The van der Waals surface area contributed by atoms with Crippen molar-refractivity contribution in [3.63, 3.8) is 0 Å². The van der Waals surface area contributed by atoms with Gasteiger partial charge in [0.15, 0.2) is 0 Å². The van der Waals surface area contributed by atoms with Crippen LogP contribution in [0.5, 0.6) is 0 Å². The zero-order chi connectivity index (χ0) is 13.7. The summed E-state index contributed by atoms with van der Waals surface area (Å²) in [5.41, 5.74) is 1.07. The van der Waals surface area contributed by atoms with Gasteiger partial charge < -0.3 is 10.6 Å². The molecule has 2 heterocycles. The van der Waals surface area contributed by atoms with Crippen LogP contribution in [0, 0.1) is 13.8 Å². The van der Waals surface area contributed by atoms with E-state index in [-0.39, 0.29) is 0 Å². The molecular weight excluding hydrogens is 256 g/mol. The van der Waals surface area contributed by atoms with E-state index in [2.05, 4.69) is 46.6 Å². The maximum Gasteiger partial charge on any atom is 0.224 e. The van der Waals surface area contributed by atoms with Crippen LogP contribution >= 0.6 is 11.3 Å². The van der Waals surface area contributed by atoms with Gasteiger partial charge in [0.25, 0.3) is 0 Å². The molecule has 0 spiro atoms. The Hall–Kier alpha value is -1.62. The summed E-state index contributed by atoms with van der Waals surface area (Å²) in [5.74, 6) is 1.59. The Labute approximate surface area is 118 Å². The molecule has 0 amide bonds. The molecule has 102 valence electrons. The first-order valence-electron chi connectivity index (χ1n) is 6.55. The van der Waals surface area contributed by atoms with Crippen molar-refractivity contribution in [2.24, 2.45) is 0 Å². The molecule has 5 heteroatoms. The fourth-order valence-electron chi connectivity index (χ4n) is 1.69. The van der Waals surface area contributed by atoms with E-state index in [0.717, 1.165) is 30.9 Å². The van der Waals surface area contributed by atoms with Crippen LogP contribution in [0.15, 0.2) is 18.3 Å². The van der Waals surface area contributed by atoms with E-state index < -0.39 is 0 Å². The Bertz CT molecular complexity index is 536. The number of aromatic nitrogens is 2. The zero-order valence-corrected chi connectivity index (χ0v) is 12.5. The van der Waals surface area contributed by atoms with E-state index in [1.165, 1.54) is 9.75 Å². The maximum absolute atomic E-state index is 4.50. The third-order valence-electron chi connectivity index (χ3n) is 2.73. The van der Waals surface area contributed by atoms with Crippen molar-refractivity contribution in [2.45, 2.75) is 33.7 Å². The maximum atomic E-state index is 4.50. The predicted octanol–water partition coefficient (Wildman–Crippen LogP) is 3.59. The second-order valence-electron chi connectivity index (χ2n) is 4.52. The van der Waals surface area contributed by atoms with Crippen molar-refractivity contribution in [2.75, 3.05) is 17.2 Å². The summed E-state index contributed by atoms with van der Waals surface area (Å²) in [6.07, 6.45) is 2.92. The number of hydrogen-bond donors (Lipinski definition) is 2. The van der Waals surface area contributed by atoms with Gasteiger partial charge in [-0.25, -0.2) is 4.98 Å². The van der Waals surface area contributed by atoms with Crippen LogP contribution in [0.25, 0.3) is 0 Å². The van der Waals surface area contributed by atoms with Gasteiger partial charge in [0.2, 0.25) is 5.95 Å². The standard InChI is InChI=1S/C14H20N4S/c1-4-7-15-14-17-8-10(2)13(18-14)16-9-12-6-5-11(3)19-12/h5-6,8H,4,7,9H2,1-3H3,(H2,15,16,17,18). The minimum absolute atomic E-state index is 0.692. The zero-order valence-electron chi connectivity index (χ0n) is 11.7. The SMILES string of the molecule is CCCNc1ncc(C)c(NCc2ccc(C)s2)n1. The molecule has 0 bridgehead atoms. The van der Waals surface area contributed by atoms with Gasteiger partial charge in [0.1, 0.15) is 5.82 Å². The minimum Gasteiger partial charge on any atom is -0.365 e. The molecule has 0 saturated carbocycles. The molecule has 2 aromatic rings. The molecule has 0 aliphatic rings. The average Bonchev–Trinajstić information content (AvgIpc) is 2.82.